The molecule has 2 saturated heterocycles. The molecular weight excluding hydrogens is 346 g/mol. The van der Waals surface area contributed by atoms with E-state index in [0.717, 1.165) is 55.6 Å². The van der Waals surface area contributed by atoms with Gasteiger partial charge in [0.25, 0.3) is 5.91 Å². The maximum atomic E-state index is 13.3. The number of carbonyl (C=O) groups excluding carboxylic acids is 1. The minimum absolute atomic E-state index is 0.186. The van der Waals surface area contributed by atoms with Gasteiger partial charge in [0.05, 0.1) is 0 Å². The predicted molar refractivity (Wildman–Crippen MR) is 112 cm³/mol. The fourth-order valence-electron chi connectivity index (χ4n) is 5.16. The van der Waals surface area contributed by atoms with Crippen LogP contribution in [0.1, 0.15) is 35.2 Å². The van der Waals surface area contributed by atoms with Gasteiger partial charge in [-0.3, -0.25) is 9.69 Å². The quantitative estimate of drug-likeness (QED) is 0.744. The molecule has 1 N–H and O–H groups in total. The molecule has 1 amide bonds. The lowest BCUT2D eigenvalue weighted by Crippen LogP contribution is -2.47. The Morgan fingerprint density at radius 3 is 2.75 bits per heavy atom. The summed E-state index contributed by atoms with van der Waals surface area (Å²) in [6.07, 6.45) is 5.44. The fourth-order valence-corrected chi connectivity index (χ4v) is 5.16. The number of carbonyl (C=O) groups is 1. The Morgan fingerprint density at radius 1 is 0.964 bits per heavy atom. The van der Waals surface area contributed by atoms with Crippen LogP contribution in [0.25, 0.3) is 10.9 Å². The van der Waals surface area contributed by atoms with Crippen molar-refractivity contribution in [1.82, 2.24) is 14.8 Å². The van der Waals surface area contributed by atoms with E-state index in [1.807, 2.05) is 30.5 Å². The predicted octanol–water partition coefficient (Wildman–Crippen LogP) is 4.30. The molecular formula is C24H27N3O. The number of aromatic amines is 1. The van der Waals surface area contributed by atoms with Crippen molar-refractivity contribution in [3.05, 3.63) is 71.9 Å². The zero-order valence-electron chi connectivity index (χ0n) is 16.2. The number of hydrogen-bond donors (Lipinski definition) is 1. The SMILES string of the molecule is O=C(c1cccc2[nH]ccc12)N1CCCC2(CCN(Cc3ccccc3)C2)C1. The Bertz CT molecular complexity index is 980. The molecule has 2 aromatic carbocycles. The smallest absolute Gasteiger partial charge is 0.254 e. The number of aromatic nitrogens is 1. The van der Waals surface area contributed by atoms with Crippen LogP contribution in [-0.4, -0.2) is 46.9 Å². The maximum absolute atomic E-state index is 13.3. The van der Waals surface area contributed by atoms with Gasteiger partial charge < -0.3 is 9.88 Å². The monoisotopic (exact) mass is 373 g/mol. The average molecular weight is 374 g/mol. The molecule has 4 heteroatoms. The number of likely N-dealkylation sites (tertiary alicyclic amines) is 2. The highest BCUT2D eigenvalue weighted by molar-refractivity contribution is 6.06. The molecule has 0 radical (unpaired) electrons. The van der Waals surface area contributed by atoms with Gasteiger partial charge in [-0.1, -0.05) is 36.4 Å². The Labute approximate surface area is 166 Å². The average Bonchev–Trinajstić information content (AvgIpc) is 3.35. The highest BCUT2D eigenvalue weighted by Gasteiger charge is 2.42. The van der Waals surface area contributed by atoms with Crippen molar-refractivity contribution in [2.24, 2.45) is 5.41 Å². The van der Waals surface area contributed by atoms with E-state index in [4.69, 9.17) is 0 Å². The Hall–Kier alpha value is -2.59. The summed E-state index contributed by atoms with van der Waals surface area (Å²) >= 11 is 0. The lowest BCUT2D eigenvalue weighted by molar-refractivity contribution is 0.0528. The van der Waals surface area contributed by atoms with Gasteiger partial charge >= 0.3 is 0 Å². The summed E-state index contributed by atoms with van der Waals surface area (Å²) in [5, 5.41) is 1.03. The van der Waals surface area contributed by atoms with Crippen LogP contribution in [0.5, 0.6) is 0 Å². The van der Waals surface area contributed by atoms with E-state index in [9.17, 15) is 4.79 Å². The van der Waals surface area contributed by atoms with Gasteiger partial charge in [-0.25, -0.2) is 0 Å². The van der Waals surface area contributed by atoms with E-state index in [1.54, 1.807) is 0 Å². The molecule has 5 rings (SSSR count). The van der Waals surface area contributed by atoms with Crippen molar-refractivity contribution in [2.75, 3.05) is 26.2 Å². The number of nitrogens with zero attached hydrogens (tertiary/aromatic N) is 2. The second kappa shape index (κ2) is 7.10. The Kier molecular flexibility index (Phi) is 4.44. The number of rotatable bonds is 3. The summed E-state index contributed by atoms with van der Waals surface area (Å²) in [5.74, 6) is 0.186. The van der Waals surface area contributed by atoms with E-state index in [-0.39, 0.29) is 11.3 Å². The van der Waals surface area contributed by atoms with Gasteiger partial charge in [0, 0.05) is 54.3 Å². The summed E-state index contributed by atoms with van der Waals surface area (Å²) in [6, 6.07) is 18.7. The highest BCUT2D eigenvalue weighted by atomic mass is 16.2. The number of nitrogens with one attached hydrogen (secondary N) is 1. The number of benzene rings is 2. The number of fused-ring (bicyclic) bond motifs is 1. The first-order chi connectivity index (χ1) is 13.7. The van der Waals surface area contributed by atoms with Crippen LogP contribution in [0.15, 0.2) is 60.8 Å². The molecule has 28 heavy (non-hydrogen) atoms. The fraction of sp³-hybridized carbons (Fsp3) is 0.375. The van der Waals surface area contributed by atoms with Gasteiger partial charge in [0.1, 0.15) is 0 Å². The second-order valence-corrected chi connectivity index (χ2v) is 8.52. The molecule has 0 saturated carbocycles. The van der Waals surface area contributed by atoms with E-state index < -0.39 is 0 Å². The Morgan fingerprint density at radius 2 is 1.86 bits per heavy atom. The van der Waals surface area contributed by atoms with E-state index in [1.165, 1.54) is 18.4 Å². The third-order valence-electron chi connectivity index (χ3n) is 6.54. The van der Waals surface area contributed by atoms with Crippen molar-refractivity contribution in [3.8, 4) is 0 Å². The first kappa shape index (κ1) is 17.5. The van der Waals surface area contributed by atoms with E-state index >= 15 is 0 Å². The molecule has 4 nitrogen and oxygen atoms in total. The van der Waals surface area contributed by atoms with Crippen LogP contribution in [0.2, 0.25) is 0 Å². The topological polar surface area (TPSA) is 39.3 Å². The zero-order valence-corrected chi connectivity index (χ0v) is 16.2. The van der Waals surface area contributed by atoms with Crippen LogP contribution in [0.3, 0.4) is 0 Å². The molecule has 0 bridgehead atoms. The largest absolute Gasteiger partial charge is 0.361 e. The number of amides is 1. The third-order valence-corrected chi connectivity index (χ3v) is 6.54. The lowest BCUT2D eigenvalue weighted by atomic mass is 9.79. The molecule has 2 aliphatic heterocycles. The summed E-state index contributed by atoms with van der Waals surface area (Å²) in [6.45, 7) is 5.00. The molecule has 2 fully saturated rings. The lowest BCUT2D eigenvalue weighted by Gasteiger charge is -2.40. The maximum Gasteiger partial charge on any atom is 0.254 e. The van der Waals surface area contributed by atoms with Crippen LogP contribution < -0.4 is 0 Å². The highest BCUT2D eigenvalue weighted by Crippen LogP contribution is 2.40. The molecule has 3 heterocycles. The molecule has 3 aromatic rings. The van der Waals surface area contributed by atoms with Gasteiger partial charge in [0.2, 0.25) is 0 Å². The second-order valence-electron chi connectivity index (χ2n) is 8.52. The normalized spacial score (nSPS) is 22.9. The standard InChI is InChI=1S/C24H27N3O/c28-23(21-8-4-9-22-20(21)10-13-25-22)27-14-5-11-24(18-27)12-15-26(17-24)16-19-6-2-1-3-7-19/h1-4,6-10,13,25H,5,11-12,14-18H2. The van der Waals surface area contributed by atoms with Crippen LogP contribution >= 0.6 is 0 Å². The molecule has 1 spiro atoms. The number of hydrogen-bond acceptors (Lipinski definition) is 2. The molecule has 1 unspecified atom stereocenters. The van der Waals surface area contributed by atoms with E-state index in [2.05, 4.69) is 45.1 Å². The molecule has 0 aliphatic carbocycles. The summed E-state index contributed by atoms with van der Waals surface area (Å²) in [4.78, 5) is 21.2. The van der Waals surface area contributed by atoms with Gasteiger partial charge in [-0.05, 0) is 49.6 Å². The first-order valence-electron chi connectivity index (χ1n) is 10.3. The summed E-state index contributed by atoms with van der Waals surface area (Å²) < 4.78 is 0. The van der Waals surface area contributed by atoms with Crippen molar-refractivity contribution in [1.29, 1.82) is 0 Å². The van der Waals surface area contributed by atoms with Crippen molar-refractivity contribution in [2.45, 2.75) is 25.8 Å². The molecule has 144 valence electrons. The summed E-state index contributed by atoms with van der Waals surface area (Å²) in [7, 11) is 0. The van der Waals surface area contributed by atoms with Crippen molar-refractivity contribution >= 4 is 16.8 Å². The van der Waals surface area contributed by atoms with Crippen molar-refractivity contribution < 1.29 is 4.79 Å². The summed E-state index contributed by atoms with van der Waals surface area (Å²) in [5.41, 5.74) is 3.50. The zero-order chi connectivity index (χ0) is 19.0. The Balaban J connectivity index is 1.31. The molecule has 1 aromatic heterocycles. The van der Waals surface area contributed by atoms with Crippen LogP contribution in [0.4, 0.5) is 0 Å². The van der Waals surface area contributed by atoms with Crippen LogP contribution in [-0.2, 0) is 6.54 Å². The molecule has 2 aliphatic rings. The van der Waals surface area contributed by atoms with Crippen LogP contribution in [0, 0.1) is 5.41 Å². The minimum Gasteiger partial charge on any atom is -0.361 e. The van der Waals surface area contributed by atoms with E-state index in [0.29, 0.717) is 0 Å². The molecule has 1 atom stereocenters. The van der Waals surface area contributed by atoms with Gasteiger partial charge in [0.15, 0.2) is 0 Å². The first-order valence-corrected chi connectivity index (χ1v) is 10.3. The third kappa shape index (κ3) is 3.22. The van der Waals surface area contributed by atoms with Gasteiger partial charge in [-0.15, -0.1) is 0 Å². The number of piperidine rings is 1. The van der Waals surface area contributed by atoms with Gasteiger partial charge in [-0.2, -0.15) is 0 Å². The number of H-pyrrole nitrogens is 1. The van der Waals surface area contributed by atoms with Crippen molar-refractivity contribution in [3.63, 3.8) is 0 Å². The minimum atomic E-state index is 0.186.